The van der Waals surface area contributed by atoms with Crippen molar-refractivity contribution < 1.29 is 19.1 Å². The Balaban J connectivity index is 1.36. The zero-order valence-electron chi connectivity index (χ0n) is 21.0. The van der Waals surface area contributed by atoms with E-state index in [0.717, 1.165) is 58.5 Å². The van der Waals surface area contributed by atoms with Crippen LogP contribution in [0.25, 0.3) is 0 Å². The van der Waals surface area contributed by atoms with Gasteiger partial charge < -0.3 is 29.1 Å². The zero-order valence-corrected chi connectivity index (χ0v) is 21.0. The number of nitrogens with zero attached hydrogens (tertiary/aromatic N) is 5. The van der Waals surface area contributed by atoms with Gasteiger partial charge in [-0.05, 0) is 51.7 Å². The van der Waals surface area contributed by atoms with Crippen LogP contribution in [-0.4, -0.2) is 135 Å². The average molecular weight is 468 g/mol. The highest BCUT2D eigenvalue weighted by atomic mass is 16.6. The Morgan fingerprint density at radius 3 is 2.09 bits per heavy atom. The molecule has 2 atom stereocenters. The van der Waals surface area contributed by atoms with Crippen LogP contribution in [0.1, 0.15) is 45.4 Å². The van der Waals surface area contributed by atoms with E-state index in [1.165, 1.54) is 52.7 Å². The monoisotopic (exact) mass is 467 g/mol. The van der Waals surface area contributed by atoms with Gasteiger partial charge in [0.1, 0.15) is 0 Å². The van der Waals surface area contributed by atoms with E-state index in [1.54, 1.807) is 4.90 Å². The maximum Gasteiger partial charge on any atom is 0.411 e. The number of cyclic esters (lactones) is 1. The van der Waals surface area contributed by atoms with E-state index < -0.39 is 0 Å². The third-order valence-electron chi connectivity index (χ3n) is 7.41. The Labute approximate surface area is 199 Å². The van der Waals surface area contributed by atoms with Gasteiger partial charge in [-0.1, -0.05) is 6.92 Å². The molecule has 2 unspecified atom stereocenters. The number of methoxy groups -OCH3 is 1. The van der Waals surface area contributed by atoms with E-state index >= 15 is 0 Å². The molecule has 190 valence electrons. The molecule has 0 N–H and O–H groups in total. The maximum atomic E-state index is 12.3. The number of carbonyl (C=O) groups is 2. The highest BCUT2D eigenvalue weighted by Gasteiger charge is 2.43. The Bertz CT molecular complexity index is 606. The third kappa shape index (κ3) is 7.80. The summed E-state index contributed by atoms with van der Waals surface area (Å²) in [6.45, 7) is 13.9. The Kier molecular flexibility index (Phi) is 10.7. The number of piperazine rings is 2. The Morgan fingerprint density at radius 1 is 0.909 bits per heavy atom. The molecule has 3 fully saturated rings. The van der Waals surface area contributed by atoms with E-state index in [2.05, 4.69) is 26.5 Å². The molecular weight excluding hydrogens is 422 g/mol. The normalized spacial score (nSPS) is 26.0. The molecule has 3 aliphatic rings. The number of amides is 1. The van der Waals surface area contributed by atoms with E-state index in [9.17, 15) is 9.59 Å². The standard InChI is InChI=1S/C24H45N5O4/c1-4-10-26-13-15-27(16-14-26)11-6-5-8-21-23(33-24(31)25(21)2)29-19-17-28(18-20-29)12-7-9-22(30)32-3/h21,23H,4-20H2,1-3H3. The fraction of sp³-hybridized carbons (Fsp3) is 0.917. The lowest BCUT2D eigenvalue weighted by molar-refractivity contribution is -0.140. The van der Waals surface area contributed by atoms with Crippen molar-refractivity contribution >= 4 is 12.1 Å². The predicted octanol–water partition coefficient (Wildman–Crippen LogP) is 1.53. The third-order valence-corrected chi connectivity index (χ3v) is 7.41. The van der Waals surface area contributed by atoms with Gasteiger partial charge in [-0.2, -0.15) is 0 Å². The molecule has 9 nitrogen and oxygen atoms in total. The first-order valence-corrected chi connectivity index (χ1v) is 12.9. The molecule has 0 spiro atoms. The number of carbonyl (C=O) groups excluding carboxylic acids is 2. The summed E-state index contributed by atoms with van der Waals surface area (Å²) in [7, 11) is 3.31. The summed E-state index contributed by atoms with van der Waals surface area (Å²) in [5.41, 5.74) is 0. The van der Waals surface area contributed by atoms with Crippen molar-refractivity contribution in [1.82, 2.24) is 24.5 Å². The lowest BCUT2D eigenvalue weighted by Crippen LogP contribution is -2.54. The number of esters is 1. The molecule has 0 radical (unpaired) electrons. The van der Waals surface area contributed by atoms with Crippen LogP contribution in [0.4, 0.5) is 4.79 Å². The lowest BCUT2D eigenvalue weighted by Gasteiger charge is -2.38. The smallest absolute Gasteiger partial charge is 0.411 e. The van der Waals surface area contributed by atoms with Crippen LogP contribution in [0, 0.1) is 0 Å². The van der Waals surface area contributed by atoms with E-state index in [1.807, 2.05) is 7.05 Å². The molecule has 3 heterocycles. The molecule has 3 rings (SSSR count). The van der Waals surface area contributed by atoms with Crippen LogP contribution in [0.15, 0.2) is 0 Å². The molecule has 0 bridgehead atoms. The quantitative estimate of drug-likeness (QED) is 0.316. The summed E-state index contributed by atoms with van der Waals surface area (Å²) < 4.78 is 10.5. The van der Waals surface area contributed by atoms with Gasteiger partial charge >= 0.3 is 12.1 Å². The minimum atomic E-state index is -0.197. The minimum Gasteiger partial charge on any atom is -0.469 e. The number of hydrogen-bond donors (Lipinski definition) is 0. The molecule has 33 heavy (non-hydrogen) atoms. The maximum absolute atomic E-state index is 12.3. The molecule has 9 heteroatoms. The topological polar surface area (TPSA) is 68.8 Å². The summed E-state index contributed by atoms with van der Waals surface area (Å²) in [6.07, 6.45) is 5.47. The van der Waals surface area contributed by atoms with Crippen molar-refractivity contribution in [2.24, 2.45) is 0 Å². The molecule has 0 aromatic heterocycles. The fourth-order valence-electron chi connectivity index (χ4n) is 5.28. The van der Waals surface area contributed by atoms with E-state index in [0.29, 0.717) is 6.42 Å². The summed E-state index contributed by atoms with van der Waals surface area (Å²) in [5.74, 6) is -0.142. The first-order chi connectivity index (χ1) is 16.0. The number of ether oxygens (including phenoxy) is 2. The van der Waals surface area contributed by atoms with Crippen LogP contribution in [0.5, 0.6) is 0 Å². The van der Waals surface area contributed by atoms with Crippen LogP contribution >= 0.6 is 0 Å². The molecule has 3 saturated heterocycles. The van der Waals surface area contributed by atoms with Gasteiger partial charge in [0.2, 0.25) is 0 Å². The summed E-state index contributed by atoms with van der Waals surface area (Å²) in [4.78, 5) is 35.3. The first kappa shape index (κ1) is 26.2. The van der Waals surface area contributed by atoms with Crippen LogP contribution in [0.3, 0.4) is 0 Å². The van der Waals surface area contributed by atoms with Gasteiger partial charge in [-0.25, -0.2) is 4.79 Å². The van der Waals surface area contributed by atoms with Crippen LogP contribution < -0.4 is 0 Å². The first-order valence-electron chi connectivity index (χ1n) is 12.9. The predicted molar refractivity (Wildman–Crippen MR) is 128 cm³/mol. The van der Waals surface area contributed by atoms with Gasteiger partial charge in [-0.15, -0.1) is 0 Å². The highest BCUT2D eigenvalue weighted by molar-refractivity contribution is 5.70. The second-order valence-electron chi connectivity index (χ2n) is 9.69. The SMILES string of the molecule is CCCN1CCN(CCCCC2C(N3CCN(CCCC(=O)OC)CC3)OC(=O)N2C)CC1. The molecule has 0 aromatic carbocycles. The van der Waals surface area contributed by atoms with Crippen LogP contribution in [0.2, 0.25) is 0 Å². The summed E-state index contributed by atoms with van der Waals surface area (Å²) in [6, 6.07) is 0.129. The second-order valence-corrected chi connectivity index (χ2v) is 9.69. The Hall–Kier alpha value is -1.42. The van der Waals surface area contributed by atoms with E-state index in [-0.39, 0.29) is 24.3 Å². The van der Waals surface area contributed by atoms with Crippen molar-refractivity contribution in [2.75, 3.05) is 86.1 Å². The van der Waals surface area contributed by atoms with Crippen molar-refractivity contribution in [2.45, 2.75) is 57.7 Å². The number of unbranched alkanes of at least 4 members (excludes halogenated alkanes) is 1. The number of likely N-dealkylation sites (N-methyl/N-ethyl adjacent to an activating group) is 1. The average Bonchev–Trinajstić information content (AvgIpc) is 3.12. The van der Waals surface area contributed by atoms with E-state index in [4.69, 9.17) is 9.47 Å². The van der Waals surface area contributed by atoms with Crippen molar-refractivity contribution in [3.8, 4) is 0 Å². The summed E-state index contributed by atoms with van der Waals surface area (Å²) >= 11 is 0. The number of hydrogen-bond acceptors (Lipinski definition) is 8. The van der Waals surface area contributed by atoms with Gasteiger partial charge in [0.05, 0.1) is 13.2 Å². The molecule has 0 aliphatic carbocycles. The van der Waals surface area contributed by atoms with Crippen molar-refractivity contribution in [3.05, 3.63) is 0 Å². The lowest BCUT2D eigenvalue weighted by atomic mass is 10.1. The molecule has 1 amide bonds. The molecule has 0 saturated carbocycles. The minimum absolute atomic E-state index is 0.129. The summed E-state index contributed by atoms with van der Waals surface area (Å²) in [5, 5.41) is 0. The van der Waals surface area contributed by atoms with Gasteiger partial charge in [0.25, 0.3) is 0 Å². The van der Waals surface area contributed by atoms with Crippen molar-refractivity contribution in [3.63, 3.8) is 0 Å². The Morgan fingerprint density at radius 2 is 1.48 bits per heavy atom. The fourth-order valence-corrected chi connectivity index (χ4v) is 5.28. The highest BCUT2D eigenvalue weighted by Crippen LogP contribution is 2.26. The largest absolute Gasteiger partial charge is 0.469 e. The van der Waals surface area contributed by atoms with Crippen LogP contribution in [-0.2, 0) is 14.3 Å². The number of rotatable bonds is 12. The molecule has 3 aliphatic heterocycles. The zero-order chi connectivity index (χ0) is 23.6. The second kappa shape index (κ2) is 13.5. The van der Waals surface area contributed by atoms with Gasteiger partial charge in [0, 0.05) is 65.8 Å². The van der Waals surface area contributed by atoms with Crippen molar-refractivity contribution in [1.29, 1.82) is 0 Å². The van der Waals surface area contributed by atoms with Gasteiger partial charge in [-0.3, -0.25) is 9.69 Å². The molecule has 0 aromatic rings. The molecular formula is C24H45N5O4. The van der Waals surface area contributed by atoms with Gasteiger partial charge in [0.15, 0.2) is 6.23 Å².